The molecule has 2 fully saturated rings. The van der Waals surface area contributed by atoms with Crippen LogP contribution in [0.25, 0.3) is 0 Å². The van der Waals surface area contributed by atoms with E-state index >= 15 is 0 Å². The van der Waals surface area contributed by atoms with Crippen molar-refractivity contribution >= 4 is 28.8 Å². The van der Waals surface area contributed by atoms with Crippen LogP contribution in [0.1, 0.15) is 37.0 Å². The average molecular weight is 313 g/mol. The van der Waals surface area contributed by atoms with Gasteiger partial charge in [0.1, 0.15) is 0 Å². The van der Waals surface area contributed by atoms with E-state index < -0.39 is 0 Å². The molecule has 1 aromatic heterocycles. The lowest BCUT2D eigenvalue weighted by atomic mass is 9.99. The standard InChI is InChI=1S/C15H21ClN2OS/c16-14-6-4-11(20-14)5-7-15(19)17-12-8-10-18-9-2-1-3-13(12)18/h4,6,12-13H,1-3,5,7-10H2,(H,17,19)/t12-,13+/m1/s1. The minimum Gasteiger partial charge on any atom is -0.352 e. The number of nitrogens with zero attached hydrogens (tertiary/aromatic N) is 1. The van der Waals surface area contributed by atoms with Crippen LogP contribution in [0, 0.1) is 0 Å². The van der Waals surface area contributed by atoms with E-state index in [1.165, 1.54) is 30.7 Å². The van der Waals surface area contributed by atoms with Crippen molar-refractivity contribution in [2.24, 2.45) is 0 Å². The number of nitrogens with one attached hydrogen (secondary N) is 1. The van der Waals surface area contributed by atoms with Crippen molar-refractivity contribution in [3.05, 3.63) is 21.3 Å². The second kappa shape index (κ2) is 6.46. The van der Waals surface area contributed by atoms with Crippen molar-refractivity contribution in [3.8, 4) is 0 Å². The Bertz CT molecular complexity index is 476. The van der Waals surface area contributed by atoms with Crippen LogP contribution in [0.5, 0.6) is 0 Å². The van der Waals surface area contributed by atoms with Crippen molar-refractivity contribution < 1.29 is 4.79 Å². The third kappa shape index (κ3) is 3.35. The van der Waals surface area contributed by atoms with Crippen LogP contribution >= 0.6 is 22.9 Å². The molecule has 2 saturated heterocycles. The molecule has 0 unspecified atom stereocenters. The van der Waals surface area contributed by atoms with E-state index in [0.717, 1.165) is 23.7 Å². The Morgan fingerprint density at radius 1 is 1.35 bits per heavy atom. The molecule has 0 aliphatic carbocycles. The predicted octanol–water partition coefficient (Wildman–Crippen LogP) is 3.08. The molecule has 110 valence electrons. The van der Waals surface area contributed by atoms with Gasteiger partial charge >= 0.3 is 0 Å². The van der Waals surface area contributed by atoms with Gasteiger partial charge < -0.3 is 5.32 Å². The molecule has 1 amide bonds. The van der Waals surface area contributed by atoms with Crippen LogP contribution in [-0.4, -0.2) is 36.0 Å². The molecule has 2 aliphatic heterocycles. The number of fused-ring (bicyclic) bond motifs is 1. The van der Waals surface area contributed by atoms with Crippen molar-refractivity contribution in [2.45, 2.75) is 50.6 Å². The highest BCUT2D eigenvalue weighted by Crippen LogP contribution is 2.27. The number of rotatable bonds is 4. The lowest BCUT2D eigenvalue weighted by molar-refractivity contribution is -0.122. The molecule has 0 radical (unpaired) electrons. The van der Waals surface area contributed by atoms with Crippen LogP contribution in [0.4, 0.5) is 0 Å². The summed E-state index contributed by atoms with van der Waals surface area (Å²) in [5.41, 5.74) is 0. The van der Waals surface area contributed by atoms with Crippen molar-refractivity contribution in [3.63, 3.8) is 0 Å². The molecule has 3 nitrogen and oxygen atoms in total. The average Bonchev–Trinajstić information content (AvgIpc) is 3.04. The highest BCUT2D eigenvalue weighted by atomic mass is 35.5. The molecule has 20 heavy (non-hydrogen) atoms. The van der Waals surface area contributed by atoms with Gasteiger partial charge in [-0.3, -0.25) is 9.69 Å². The third-order valence-electron chi connectivity index (χ3n) is 4.43. The molecule has 0 spiro atoms. The molecule has 3 heterocycles. The number of carbonyl (C=O) groups is 1. The van der Waals surface area contributed by atoms with E-state index in [-0.39, 0.29) is 5.91 Å². The maximum atomic E-state index is 12.1. The quantitative estimate of drug-likeness (QED) is 0.926. The van der Waals surface area contributed by atoms with Gasteiger partial charge in [0.05, 0.1) is 4.34 Å². The van der Waals surface area contributed by atoms with Gasteiger partial charge in [0, 0.05) is 29.9 Å². The summed E-state index contributed by atoms with van der Waals surface area (Å²) in [7, 11) is 0. The Balaban J connectivity index is 1.46. The van der Waals surface area contributed by atoms with Crippen LogP contribution in [0.15, 0.2) is 12.1 Å². The Labute approximate surface area is 129 Å². The number of aryl methyl sites for hydroxylation is 1. The van der Waals surface area contributed by atoms with Gasteiger partial charge in [-0.1, -0.05) is 18.0 Å². The highest BCUT2D eigenvalue weighted by molar-refractivity contribution is 7.16. The Kier molecular flexibility index (Phi) is 4.64. The second-order valence-corrected chi connectivity index (χ2v) is 7.57. The first-order valence-corrected chi connectivity index (χ1v) is 8.69. The number of carbonyl (C=O) groups excluding carboxylic acids is 1. The molecule has 1 N–H and O–H groups in total. The first-order chi connectivity index (χ1) is 9.72. The van der Waals surface area contributed by atoms with E-state index in [4.69, 9.17) is 11.6 Å². The number of piperidine rings is 1. The van der Waals surface area contributed by atoms with E-state index in [9.17, 15) is 4.79 Å². The van der Waals surface area contributed by atoms with Gasteiger partial charge in [0.25, 0.3) is 0 Å². The fourth-order valence-corrected chi connectivity index (χ4v) is 4.50. The number of thiophene rings is 1. The number of amides is 1. The molecule has 0 bridgehead atoms. The van der Waals surface area contributed by atoms with Crippen LogP contribution in [0.2, 0.25) is 4.34 Å². The number of halogens is 1. The van der Waals surface area contributed by atoms with Gasteiger partial charge in [-0.05, 0) is 44.4 Å². The molecule has 0 saturated carbocycles. The van der Waals surface area contributed by atoms with Gasteiger partial charge in [0.15, 0.2) is 0 Å². The maximum absolute atomic E-state index is 12.1. The molecule has 5 heteroatoms. The van der Waals surface area contributed by atoms with Gasteiger partial charge in [0.2, 0.25) is 5.91 Å². The summed E-state index contributed by atoms with van der Waals surface area (Å²) in [5.74, 6) is 0.187. The number of hydrogen-bond donors (Lipinski definition) is 1. The summed E-state index contributed by atoms with van der Waals surface area (Å²) < 4.78 is 0.800. The summed E-state index contributed by atoms with van der Waals surface area (Å²) in [6.45, 7) is 2.36. The van der Waals surface area contributed by atoms with E-state index in [1.807, 2.05) is 12.1 Å². The summed E-state index contributed by atoms with van der Waals surface area (Å²) in [6, 6.07) is 4.87. The topological polar surface area (TPSA) is 32.3 Å². The first-order valence-electron chi connectivity index (χ1n) is 7.50. The number of hydrogen-bond acceptors (Lipinski definition) is 3. The van der Waals surface area contributed by atoms with Gasteiger partial charge in [-0.2, -0.15) is 0 Å². The van der Waals surface area contributed by atoms with Crippen LogP contribution in [-0.2, 0) is 11.2 Å². The Morgan fingerprint density at radius 3 is 3.05 bits per heavy atom. The second-order valence-electron chi connectivity index (χ2n) is 5.77. The SMILES string of the molecule is O=C(CCc1ccc(Cl)s1)N[C@@H]1CCN2CCCC[C@@H]12. The summed E-state index contributed by atoms with van der Waals surface area (Å²) in [4.78, 5) is 15.8. The minimum atomic E-state index is 0.187. The van der Waals surface area contributed by atoms with Crippen molar-refractivity contribution in [2.75, 3.05) is 13.1 Å². The minimum absolute atomic E-state index is 0.187. The molecular weight excluding hydrogens is 292 g/mol. The monoisotopic (exact) mass is 312 g/mol. The summed E-state index contributed by atoms with van der Waals surface area (Å²) in [6.07, 6.45) is 6.34. The third-order valence-corrected chi connectivity index (χ3v) is 5.72. The van der Waals surface area contributed by atoms with Crippen LogP contribution < -0.4 is 5.32 Å². The zero-order valence-corrected chi connectivity index (χ0v) is 13.2. The largest absolute Gasteiger partial charge is 0.352 e. The van der Waals surface area contributed by atoms with Crippen molar-refractivity contribution in [1.29, 1.82) is 0 Å². The Morgan fingerprint density at radius 2 is 2.25 bits per heavy atom. The molecule has 2 aliphatic rings. The first kappa shape index (κ1) is 14.4. The fraction of sp³-hybridized carbons (Fsp3) is 0.667. The smallest absolute Gasteiger partial charge is 0.220 e. The molecule has 1 aromatic rings. The zero-order chi connectivity index (χ0) is 13.9. The molecule has 2 atom stereocenters. The van der Waals surface area contributed by atoms with E-state index in [2.05, 4.69) is 10.2 Å². The van der Waals surface area contributed by atoms with E-state index in [1.54, 1.807) is 11.3 Å². The normalized spacial score (nSPS) is 26.4. The predicted molar refractivity (Wildman–Crippen MR) is 83.4 cm³/mol. The fourth-order valence-electron chi connectivity index (χ4n) is 3.42. The summed E-state index contributed by atoms with van der Waals surface area (Å²) in [5, 5.41) is 3.25. The lowest BCUT2D eigenvalue weighted by Gasteiger charge is -2.32. The van der Waals surface area contributed by atoms with Crippen LogP contribution in [0.3, 0.4) is 0 Å². The summed E-state index contributed by atoms with van der Waals surface area (Å²) >= 11 is 7.47. The Hall–Kier alpha value is -0.580. The highest BCUT2D eigenvalue weighted by Gasteiger charge is 2.35. The molecule has 0 aromatic carbocycles. The maximum Gasteiger partial charge on any atom is 0.220 e. The zero-order valence-electron chi connectivity index (χ0n) is 11.6. The molecular formula is C15H21ClN2OS. The lowest BCUT2D eigenvalue weighted by Crippen LogP contribution is -2.46. The molecule has 3 rings (SSSR count). The van der Waals surface area contributed by atoms with Crippen molar-refractivity contribution in [1.82, 2.24) is 10.2 Å². The van der Waals surface area contributed by atoms with E-state index in [0.29, 0.717) is 18.5 Å². The van der Waals surface area contributed by atoms with Gasteiger partial charge in [-0.25, -0.2) is 0 Å². The van der Waals surface area contributed by atoms with Gasteiger partial charge in [-0.15, -0.1) is 11.3 Å².